The lowest BCUT2D eigenvalue weighted by Crippen LogP contribution is -2.16. The van der Waals surface area contributed by atoms with E-state index < -0.39 is 0 Å². The first-order valence-corrected chi connectivity index (χ1v) is 7.78. The maximum atomic E-state index is 4.60. The number of hydrogen-bond acceptors (Lipinski definition) is 4. The molecule has 1 atom stereocenters. The van der Waals surface area contributed by atoms with Crippen LogP contribution in [-0.4, -0.2) is 11.5 Å². The van der Waals surface area contributed by atoms with E-state index in [1.165, 1.54) is 29.7 Å². The van der Waals surface area contributed by atoms with Crippen LogP contribution >= 0.6 is 11.3 Å². The van der Waals surface area contributed by atoms with Gasteiger partial charge >= 0.3 is 0 Å². The first kappa shape index (κ1) is 12.5. The number of fused-ring (bicyclic) bond motifs is 1. The molecule has 19 heavy (non-hydrogen) atoms. The smallest absolute Gasteiger partial charge is 0.128 e. The Kier molecular flexibility index (Phi) is 3.69. The number of aryl methyl sites for hydroxylation is 1. The van der Waals surface area contributed by atoms with Gasteiger partial charge in [-0.2, -0.15) is 0 Å². The van der Waals surface area contributed by atoms with Gasteiger partial charge in [-0.25, -0.2) is 4.98 Å². The van der Waals surface area contributed by atoms with E-state index in [1.807, 2.05) is 29.5 Å². The molecule has 0 saturated carbocycles. The summed E-state index contributed by atoms with van der Waals surface area (Å²) in [5, 5.41) is 9.03. The summed E-state index contributed by atoms with van der Waals surface area (Å²) in [5.41, 5.74) is 1.46. The van der Waals surface area contributed by atoms with Crippen LogP contribution in [0.4, 0.5) is 11.6 Å². The number of hydrogen-bond donors (Lipinski definition) is 2. The van der Waals surface area contributed by atoms with Gasteiger partial charge in [0.2, 0.25) is 0 Å². The van der Waals surface area contributed by atoms with Crippen molar-refractivity contribution in [3.05, 3.63) is 40.1 Å². The summed E-state index contributed by atoms with van der Waals surface area (Å²) in [4.78, 5) is 6.13. The molecule has 0 fully saturated rings. The summed E-state index contributed by atoms with van der Waals surface area (Å²) in [6.45, 7) is 2.98. The third-order valence-electron chi connectivity index (χ3n) is 3.48. The van der Waals surface area contributed by atoms with Crippen LogP contribution in [-0.2, 0) is 6.42 Å². The van der Waals surface area contributed by atoms with E-state index >= 15 is 0 Å². The molecule has 2 aromatic rings. The van der Waals surface area contributed by atoms with Gasteiger partial charge in [0.15, 0.2) is 0 Å². The second kappa shape index (κ2) is 5.61. The Morgan fingerprint density at radius 1 is 1.32 bits per heavy atom. The molecule has 2 aromatic heterocycles. The van der Waals surface area contributed by atoms with E-state index in [0.717, 1.165) is 18.2 Å². The SMILES string of the molecule is CCNc1cccc(NC2CCCc3sccc32)n1. The number of anilines is 2. The molecule has 0 radical (unpaired) electrons. The van der Waals surface area contributed by atoms with Crippen molar-refractivity contribution in [2.24, 2.45) is 0 Å². The highest BCUT2D eigenvalue weighted by molar-refractivity contribution is 7.10. The largest absolute Gasteiger partial charge is 0.370 e. The molecule has 2 heterocycles. The van der Waals surface area contributed by atoms with Gasteiger partial charge < -0.3 is 10.6 Å². The minimum absolute atomic E-state index is 0.416. The van der Waals surface area contributed by atoms with Gasteiger partial charge in [-0.3, -0.25) is 0 Å². The van der Waals surface area contributed by atoms with Crippen LogP contribution in [0, 0.1) is 0 Å². The predicted molar refractivity (Wildman–Crippen MR) is 82.0 cm³/mol. The molecule has 4 heteroatoms. The lowest BCUT2D eigenvalue weighted by Gasteiger charge is -2.24. The standard InChI is InChI=1S/C15H19N3S/c1-2-16-14-7-4-8-15(18-14)17-12-5-3-6-13-11(12)9-10-19-13/h4,7-10,12H,2-3,5-6H2,1H3,(H2,16,17,18). The molecular formula is C15H19N3S. The van der Waals surface area contributed by atoms with Crippen LogP contribution in [0.5, 0.6) is 0 Å². The molecule has 0 amide bonds. The molecule has 1 aliphatic carbocycles. The van der Waals surface area contributed by atoms with E-state index in [1.54, 1.807) is 0 Å². The second-order valence-corrected chi connectivity index (χ2v) is 5.83. The molecule has 0 aliphatic heterocycles. The van der Waals surface area contributed by atoms with Crippen LogP contribution < -0.4 is 10.6 Å². The second-order valence-electron chi connectivity index (χ2n) is 4.83. The molecule has 0 spiro atoms. The van der Waals surface area contributed by atoms with E-state index in [0.29, 0.717) is 6.04 Å². The fourth-order valence-electron chi connectivity index (χ4n) is 2.61. The normalized spacial score (nSPS) is 17.8. The lowest BCUT2D eigenvalue weighted by atomic mass is 9.94. The number of nitrogens with one attached hydrogen (secondary N) is 2. The summed E-state index contributed by atoms with van der Waals surface area (Å²) in [6, 6.07) is 8.77. The average Bonchev–Trinajstić information content (AvgIpc) is 2.89. The van der Waals surface area contributed by atoms with Gasteiger partial charge in [0.25, 0.3) is 0 Å². The predicted octanol–water partition coefficient (Wildman–Crippen LogP) is 4.06. The van der Waals surface area contributed by atoms with Crippen LogP contribution in [0.25, 0.3) is 0 Å². The number of pyridine rings is 1. The molecule has 100 valence electrons. The molecule has 3 nitrogen and oxygen atoms in total. The molecule has 0 bridgehead atoms. The third kappa shape index (κ3) is 2.73. The van der Waals surface area contributed by atoms with Crippen molar-refractivity contribution < 1.29 is 0 Å². The van der Waals surface area contributed by atoms with Gasteiger partial charge in [-0.1, -0.05) is 6.07 Å². The maximum Gasteiger partial charge on any atom is 0.128 e. The highest BCUT2D eigenvalue weighted by Gasteiger charge is 2.21. The Labute approximate surface area is 118 Å². The highest BCUT2D eigenvalue weighted by atomic mass is 32.1. The molecule has 0 aromatic carbocycles. The quantitative estimate of drug-likeness (QED) is 0.882. The van der Waals surface area contributed by atoms with Crippen LogP contribution in [0.1, 0.15) is 36.2 Å². The maximum absolute atomic E-state index is 4.60. The van der Waals surface area contributed by atoms with E-state index in [4.69, 9.17) is 0 Å². The van der Waals surface area contributed by atoms with Crippen molar-refractivity contribution in [1.82, 2.24) is 4.98 Å². The zero-order valence-electron chi connectivity index (χ0n) is 11.1. The number of rotatable bonds is 4. The Bertz CT molecular complexity index is 550. The molecule has 3 rings (SSSR count). The van der Waals surface area contributed by atoms with Gasteiger partial charge in [0.05, 0.1) is 6.04 Å². The van der Waals surface area contributed by atoms with Crippen molar-refractivity contribution in [2.75, 3.05) is 17.2 Å². The molecular weight excluding hydrogens is 254 g/mol. The summed E-state index contributed by atoms with van der Waals surface area (Å²) < 4.78 is 0. The van der Waals surface area contributed by atoms with Crippen molar-refractivity contribution in [3.63, 3.8) is 0 Å². The minimum atomic E-state index is 0.416. The van der Waals surface area contributed by atoms with Gasteiger partial charge in [-0.15, -0.1) is 11.3 Å². The van der Waals surface area contributed by atoms with Gasteiger partial charge in [-0.05, 0) is 55.3 Å². The average molecular weight is 273 g/mol. The van der Waals surface area contributed by atoms with Crippen LogP contribution in [0.2, 0.25) is 0 Å². The molecule has 2 N–H and O–H groups in total. The minimum Gasteiger partial charge on any atom is -0.370 e. The zero-order valence-corrected chi connectivity index (χ0v) is 12.0. The van der Waals surface area contributed by atoms with Crippen molar-refractivity contribution in [3.8, 4) is 0 Å². The highest BCUT2D eigenvalue weighted by Crippen LogP contribution is 2.35. The van der Waals surface area contributed by atoms with Crippen molar-refractivity contribution >= 4 is 23.0 Å². The number of nitrogens with zero attached hydrogens (tertiary/aromatic N) is 1. The fraction of sp³-hybridized carbons (Fsp3) is 0.400. The number of thiophene rings is 1. The van der Waals surface area contributed by atoms with Crippen LogP contribution in [0.15, 0.2) is 29.6 Å². The summed E-state index contributed by atoms with van der Waals surface area (Å²) in [6.07, 6.45) is 3.69. The van der Waals surface area contributed by atoms with E-state index in [2.05, 4.69) is 34.0 Å². The summed E-state index contributed by atoms with van der Waals surface area (Å²) >= 11 is 1.88. The third-order valence-corrected chi connectivity index (χ3v) is 4.48. The van der Waals surface area contributed by atoms with Crippen molar-refractivity contribution in [2.45, 2.75) is 32.2 Å². The summed E-state index contributed by atoms with van der Waals surface area (Å²) in [5.74, 6) is 1.90. The molecule has 1 aliphatic rings. The topological polar surface area (TPSA) is 37.0 Å². The monoisotopic (exact) mass is 273 g/mol. The first-order valence-electron chi connectivity index (χ1n) is 6.90. The summed E-state index contributed by atoms with van der Waals surface area (Å²) in [7, 11) is 0. The van der Waals surface area contributed by atoms with E-state index in [-0.39, 0.29) is 0 Å². The van der Waals surface area contributed by atoms with Crippen LogP contribution in [0.3, 0.4) is 0 Å². The van der Waals surface area contributed by atoms with Gasteiger partial charge in [0, 0.05) is 11.4 Å². The molecule has 1 unspecified atom stereocenters. The zero-order chi connectivity index (χ0) is 13.1. The number of aromatic nitrogens is 1. The lowest BCUT2D eigenvalue weighted by molar-refractivity contribution is 0.607. The Morgan fingerprint density at radius 3 is 3.11 bits per heavy atom. The van der Waals surface area contributed by atoms with E-state index in [9.17, 15) is 0 Å². The Balaban J connectivity index is 1.77. The van der Waals surface area contributed by atoms with Gasteiger partial charge in [0.1, 0.15) is 11.6 Å². The van der Waals surface area contributed by atoms with Crippen molar-refractivity contribution in [1.29, 1.82) is 0 Å². The fourth-order valence-corrected chi connectivity index (χ4v) is 3.60. The molecule has 0 saturated heterocycles. The Morgan fingerprint density at radius 2 is 2.21 bits per heavy atom. The first-order chi connectivity index (χ1) is 9.36. The Hall–Kier alpha value is -1.55.